The van der Waals surface area contributed by atoms with Gasteiger partial charge in [-0.15, -0.1) is 0 Å². The first-order valence-corrected chi connectivity index (χ1v) is 10.3. The zero-order valence-electron chi connectivity index (χ0n) is 16.7. The summed E-state index contributed by atoms with van der Waals surface area (Å²) in [6.07, 6.45) is 5.15. The van der Waals surface area contributed by atoms with Gasteiger partial charge >= 0.3 is 0 Å². The molecule has 2 heterocycles. The van der Waals surface area contributed by atoms with E-state index in [0.29, 0.717) is 32.0 Å². The Kier molecular flexibility index (Phi) is 7.62. The monoisotopic (exact) mass is 395 g/mol. The standard InChI is InChI=1S/C21H31F2N3O2/c1-24-15-21(27)26-9-5-16(6-10-26)17-13-18(22)19(23)14-20(17)28-12-11-25-7-3-2-4-8-25/h13-14,16,24H,2-12,15H2,1H3. The largest absolute Gasteiger partial charge is 0.492 e. The second kappa shape index (κ2) is 10.2. The number of hydrogen-bond acceptors (Lipinski definition) is 4. The number of amides is 1. The van der Waals surface area contributed by atoms with E-state index in [2.05, 4.69) is 10.2 Å². The smallest absolute Gasteiger partial charge is 0.236 e. The molecule has 0 atom stereocenters. The Bertz CT molecular complexity index is 657. The summed E-state index contributed by atoms with van der Waals surface area (Å²) >= 11 is 0. The molecule has 1 N–H and O–H groups in total. The van der Waals surface area contributed by atoms with Gasteiger partial charge in [0, 0.05) is 31.3 Å². The van der Waals surface area contributed by atoms with E-state index >= 15 is 0 Å². The zero-order chi connectivity index (χ0) is 19.9. The van der Waals surface area contributed by atoms with E-state index in [0.717, 1.165) is 38.0 Å². The predicted octanol–water partition coefficient (Wildman–Crippen LogP) is 2.75. The highest BCUT2D eigenvalue weighted by molar-refractivity contribution is 5.78. The summed E-state index contributed by atoms with van der Waals surface area (Å²) in [4.78, 5) is 16.2. The zero-order valence-corrected chi connectivity index (χ0v) is 16.7. The molecular weight excluding hydrogens is 364 g/mol. The van der Waals surface area contributed by atoms with Gasteiger partial charge in [0.05, 0.1) is 6.54 Å². The molecule has 1 amide bonds. The summed E-state index contributed by atoms with van der Waals surface area (Å²) in [7, 11) is 1.75. The average molecular weight is 395 g/mol. The molecule has 0 unspecified atom stereocenters. The lowest BCUT2D eigenvalue weighted by molar-refractivity contribution is -0.131. The molecule has 156 valence electrons. The van der Waals surface area contributed by atoms with Gasteiger partial charge in [0.1, 0.15) is 12.4 Å². The van der Waals surface area contributed by atoms with Crippen LogP contribution in [0.3, 0.4) is 0 Å². The van der Waals surface area contributed by atoms with Gasteiger partial charge in [0.2, 0.25) is 5.91 Å². The van der Waals surface area contributed by atoms with Crippen LogP contribution in [0.1, 0.15) is 43.6 Å². The SMILES string of the molecule is CNCC(=O)N1CCC(c2cc(F)c(F)cc2OCCN2CCCCC2)CC1. The van der Waals surface area contributed by atoms with Crippen LogP contribution in [0.15, 0.2) is 12.1 Å². The van der Waals surface area contributed by atoms with Crippen molar-refractivity contribution in [3.63, 3.8) is 0 Å². The summed E-state index contributed by atoms with van der Waals surface area (Å²) in [5, 5.41) is 2.87. The number of ether oxygens (including phenoxy) is 1. The summed E-state index contributed by atoms with van der Waals surface area (Å²) < 4.78 is 33.7. The highest BCUT2D eigenvalue weighted by Crippen LogP contribution is 2.35. The molecule has 0 saturated carbocycles. The number of benzene rings is 1. The number of halogens is 2. The van der Waals surface area contributed by atoms with Crippen LogP contribution in [0, 0.1) is 11.6 Å². The minimum Gasteiger partial charge on any atom is -0.492 e. The number of nitrogens with one attached hydrogen (secondary N) is 1. The van der Waals surface area contributed by atoms with Gasteiger partial charge in [-0.3, -0.25) is 9.69 Å². The number of nitrogens with zero attached hydrogens (tertiary/aromatic N) is 2. The number of piperidine rings is 2. The Balaban J connectivity index is 1.61. The maximum Gasteiger partial charge on any atom is 0.236 e. The van der Waals surface area contributed by atoms with Crippen molar-refractivity contribution in [3.05, 3.63) is 29.3 Å². The first-order chi connectivity index (χ1) is 13.6. The molecule has 2 saturated heterocycles. The van der Waals surface area contributed by atoms with E-state index in [1.165, 1.54) is 31.4 Å². The highest BCUT2D eigenvalue weighted by Gasteiger charge is 2.27. The molecule has 2 aliphatic rings. The molecule has 3 rings (SSSR count). The van der Waals surface area contributed by atoms with Crippen LogP contribution < -0.4 is 10.1 Å². The third-order valence-electron chi connectivity index (χ3n) is 5.78. The van der Waals surface area contributed by atoms with Crippen molar-refractivity contribution in [2.75, 3.05) is 52.9 Å². The molecule has 0 radical (unpaired) electrons. The van der Waals surface area contributed by atoms with Crippen molar-refractivity contribution >= 4 is 5.91 Å². The van der Waals surface area contributed by atoms with Crippen LogP contribution in [0.5, 0.6) is 5.75 Å². The molecule has 2 fully saturated rings. The van der Waals surface area contributed by atoms with Gasteiger partial charge in [-0.05, 0) is 57.8 Å². The topological polar surface area (TPSA) is 44.8 Å². The van der Waals surface area contributed by atoms with Crippen molar-refractivity contribution in [2.45, 2.75) is 38.0 Å². The van der Waals surface area contributed by atoms with Gasteiger partial charge in [-0.25, -0.2) is 8.78 Å². The molecule has 1 aromatic carbocycles. The van der Waals surface area contributed by atoms with Crippen LogP contribution in [0.2, 0.25) is 0 Å². The minimum absolute atomic E-state index is 0.0683. The summed E-state index contributed by atoms with van der Waals surface area (Å²) in [6, 6.07) is 2.46. The molecule has 2 aliphatic heterocycles. The Morgan fingerprint density at radius 1 is 1.11 bits per heavy atom. The lowest BCUT2D eigenvalue weighted by Gasteiger charge is -2.33. The van der Waals surface area contributed by atoms with E-state index in [4.69, 9.17) is 4.74 Å². The second-order valence-corrected chi connectivity index (χ2v) is 7.74. The molecular formula is C21H31F2N3O2. The third kappa shape index (κ3) is 5.41. The lowest BCUT2D eigenvalue weighted by atomic mass is 9.88. The van der Waals surface area contributed by atoms with Crippen molar-refractivity contribution in [2.24, 2.45) is 0 Å². The molecule has 0 bridgehead atoms. The number of rotatable bonds is 7. The van der Waals surface area contributed by atoms with Crippen LogP contribution in [0.25, 0.3) is 0 Å². The van der Waals surface area contributed by atoms with E-state index in [1.54, 1.807) is 7.05 Å². The Morgan fingerprint density at radius 3 is 2.46 bits per heavy atom. The molecule has 28 heavy (non-hydrogen) atoms. The lowest BCUT2D eigenvalue weighted by Crippen LogP contribution is -2.42. The third-order valence-corrected chi connectivity index (χ3v) is 5.78. The van der Waals surface area contributed by atoms with Gasteiger partial charge in [-0.1, -0.05) is 6.42 Å². The predicted molar refractivity (Wildman–Crippen MR) is 105 cm³/mol. The van der Waals surface area contributed by atoms with Crippen molar-refractivity contribution < 1.29 is 18.3 Å². The van der Waals surface area contributed by atoms with Crippen molar-refractivity contribution in [1.82, 2.24) is 15.1 Å². The first-order valence-electron chi connectivity index (χ1n) is 10.3. The Labute approximate surface area is 166 Å². The fourth-order valence-electron chi connectivity index (χ4n) is 4.16. The van der Waals surface area contributed by atoms with Gasteiger partial charge in [0.15, 0.2) is 11.6 Å². The maximum atomic E-state index is 13.9. The molecule has 5 nitrogen and oxygen atoms in total. The molecule has 0 spiro atoms. The van der Waals surface area contributed by atoms with Crippen LogP contribution in [-0.4, -0.2) is 68.6 Å². The Morgan fingerprint density at radius 2 is 1.79 bits per heavy atom. The number of likely N-dealkylation sites (tertiary alicyclic amines) is 2. The van der Waals surface area contributed by atoms with E-state index in [9.17, 15) is 13.6 Å². The molecule has 0 aliphatic carbocycles. The molecule has 1 aromatic rings. The van der Waals surface area contributed by atoms with Crippen LogP contribution in [0.4, 0.5) is 8.78 Å². The Hall–Kier alpha value is -1.73. The summed E-state index contributed by atoms with van der Waals surface area (Å²) in [5.41, 5.74) is 0.721. The van der Waals surface area contributed by atoms with Gasteiger partial charge < -0.3 is 15.0 Å². The molecule has 0 aromatic heterocycles. The fourth-order valence-corrected chi connectivity index (χ4v) is 4.16. The van der Waals surface area contributed by atoms with Crippen molar-refractivity contribution in [1.29, 1.82) is 0 Å². The quantitative estimate of drug-likeness (QED) is 0.771. The molecule has 7 heteroatoms. The fraction of sp³-hybridized carbons (Fsp3) is 0.667. The second-order valence-electron chi connectivity index (χ2n) is 7.74. The van der Waals surface area contributed by atoms with Crippen molar-refractivity contribution in [3.8, 4) is 5.75 Å². The number of carbonyl (C=O) groups excluding carboxylic acids is 1. The summed E-state index contributed by atoms with van der Waals surface area (Å²) in [6.45, 7) is 4.99. The van der Waals surface area contributed by atoms with E-state index in [-0.39, 0.29) is 11.8 Å². The average Bonchev–Trinajstić information content (AvgIpc) is 2.71. The van der Waals surface area contributed by atoms with Gasteiger partial charge in [0.25, 0.3) is 0 Å². The number of hydrogen-bond donors (Lipinski definition) is 1. The highest BCUT2D eigenvalue weighted by atomic mass is 19.2. The van der Waals surface area contributed by atoms with Crippen LogP contribution in [-0.2, 0) is 4.79 Å². The first kappa shape index (κ1) is 21.0. The van der Waals surface area contributed by atoms with Gasteiger partial charge in [-0.2, -0.15) is 0 Å². The maximum absolute atomic E-state index is 13.9. The number of likely N-dealkylation sites (N-methyl/N-ethyl adjacent to an activating group) is 1. The minimum atomic E-state index is -0.877. The van der Waals surface area contributed by atoms with E-state index in [1.807, 2.05) is 4.90 Å². The number of carbonyl (C=O) groups is 1. The van der Waals surface area contributed by atoms with Crippen LogP contribution >= 0.6 is 0 Å². The van der Waals surface area contributed by atoms with E-state index < -0.39 is 11.6 Å². The summed E-state index contributed by atoms with van der Waals surface area (Å²) in [5.74, 6) is -1.13. The normalized spacial score (nSPS) is 19.0.